The first kappa shape index (κ1) is 14.1. The van der Waals surface area contributed by atoms with Gasteiger partial charge in [-0.2, -0.15) is 0 Å². The number of fused-ring (bicyclic) bond motifs is 3. The number of carbonyl (C=O) groups excluding carboxylic acids is 1. The number of hydrogen-bond donors (Lipinski definition) is 1. The van der Waals surface area contributed by atoms with Crippen LogP contribution in [-0.4, -0.2) is 52.1 Å². The largest absolute Gasteiger partial charge is 0.370 e. The zero-order chi connectivity index (χ0) is 15.8. The van der Waals surface area contributed by atoms with Crippen molar-refractivity contribution in [3.8, 4) is 0 Å². The molecule has 2 atom stereocenters. The molecule has 0 aliphatic carbocycles. The maximum atomic E-state index is 12.1. The van der Waals surface area contributed by atoms with Crippen molar-refractivity contribution in [2.45, 2.75) is 25.2 Å². The maximum absolute atomic E-state index is 12.1. The summed E-state index contributed by atoms with van der Waals surface area (Å²) in [6, 6.07) is 3.67. The van der Waals surface area contributed by atoms with Crippen LogP contribution in [0.15, 0.2) is 24.5 Å². The van der Waals surface area contributed by atoms with Gasteiger partial charge in [0.05, 0.1) is 36.2 Å². The molecule has 2 aromatic heterocycles. The van der Waals surface area contributed by atoms with Gasteiger partial charge in [0.2, 0.25) is 0 Å². The molecule has 0 spiro atoms. The molecule has 1 saturated heterocycles. The Labute approximate surface area is 133 Å². The molecule has 0 bridgehead atoms. The van der Waals surface area contributed by atoms with Gasteiger partial charge < -0.3 is 15.0 Å². The number of nitrogens with one attached hydrogen (secondary N) is 1. The molecule has 1 N–H and O–H groups in total. The van der Waals surface area contributed by atoms with Crippen LogP contribution in [0.1, 0.15) is 28.5 Å². The van der Waals surface area contributed by atoms with Crippen molar-refractivity contribution >= 4 is 11.7 Å². The average Bonchev–Trinajstić information content (AvgIpc) is 3.10. The van der Waals surface area contributed by atoms with Crippen LogP contribution in [0.25, 0.3) is 0 Å². The Hall–Kier alpha value is -2.48. The van der Waals surface area contributed by atoms with Gasteiger partial charge in [-0.15, -0.1) is 5.10 Å². The number of carbonyl (C=O) groups is 1. The summed E-state index contributed by atoms with van der Waals surface area (Å²) >= 11 is 0. The minimum absolute atomic E-state index is 0.0922. The van der Waals surface area contributed by atoms with E-state index in [1.54, 1.807) is 31.6 Å². The predicted molar refractivity (Wildman–Crippen MR) is 82.1 cm³/mol. The molecule has 0 saturated carbocycles. The van der Waals surface area contributed by atoms with E-state index in [4.69, 9.17) is 4.74 Å². The molecule has 1 fully saturated rings. The van der Waals surface area contributed by atoms with E-state index >= 15 is 0 Å². The molecule has 0 aromatic carbocycles. The van der Waals surface area contributed by atoms with Crippen LogP contribution in [0.4, 0.5) is 5.82 Å². The van der Waals surface area contributed by atoms with Gasteiger partial charge >= 0.3 is 0 Å². The molecule has 2 aliphatic rings. The Kier molecular flexibility index (Phi) is 3.45. The summed E-state index contributed by atoms with van der Waals surface area (Å²) in [5, 5.41) is 10.9. The molecular weight excluding hydrogens is 296 g/mol. The number of aromatic nitrogens is 4. The summed E-state index contributed by atoms with van der Waals surface area (Å²) in [6.45, 7) is 2.05. The molecule has 8 heteroatoms. The van der Waals surface area contributed by atoms with Gasteiger partial charge in [-0.3, -0.25) is 4.79 Å². The van der Waals surface area contributed by atoms with Crippen molar-refractivity contribution in [3.63, 3.8) is 0 Å². The van der Waals surface area contributed by atoms with Gasteiger partial charge in [-0.25, -0.2) is 9.67 Å². The van der Waals surface area contributed by atoms with E-state index in [2.05, 4.69) is 25.5 Å². The number of nitrogens with zero attached hydrogens (tertiary/aromatic N) is 5. The van der Waals surface area contributed by atoms with Crippen molar-refractivity contribution in [3.05, 3.63) is 35.8 Å². The maximum Gasteiger partial charge on any atom is 0.254 e. The third-order valence-corrected chi connectivity index (χ3v) is 4.49. The zero-order valence-electron chi connectivity index (χ0n) is 12.8. The summed E-state index contributed by atoms with van der Waals surface area (Å²) < 4.78 is 7.87. The summed E-state index contributed by atoms with van der Waals surface area (Å²) in [5.74, 6) is 0.578. The van der Waals surface area contributed by atoms with E-state index in [0.29, 0.717) is 24.5 Å². The summed E-state index contributed by atoms with van der Waals surface area (Å²) in [6.07, 6.45) is 4.46. The first-order chi connectivity index (χ1) is 11.3. The Morgan fingerprint density at radius 1 is 1.48 bits per heavy atom. The minimum atomic E-state index is -0.128. The standard InChI is InChI=1S/C15H18N6O2/c1-16-15(22)11-3-2-5-17-14(11)20-6-4-13-12(8-20)21-10(9-23-13)7-18-19-21/h2-3,5,7,12-13H,4,6,8-9H2,1H3,(H,16,22)/t12-,13+/m0/s1. The van der Waals surface area contributed by atoms with Crippen molar-refractivity contribution in [2.24, 2.45) is 0 Å². The highest BCUT2D eigenvalue weighted by molar-refractivity contribution is 5.98. The molecule has 120 valence electrons. The van der Waals surface area contributed by atoms with E-state index in [0.717, 1.165) is 18.7 Å². The lowest BCUT2D eigenvalue weighted by Gasteiger charge is -2.41. The first-order valence-corrected chi connectivity index (χ1v) is 7.70. The molecule has 2 aromatic rings. The molecule has 0 unspecified atom stereocenters. The third kappa shape index (κ3) is 2.35. The fourth-order valence-electron chi connectivity index (χ4n) is 3.33. The van der Waals surface area contributed by atoms with Crippen LogP contribution in [0.5, 0.6) is 0 Å². The van der Waals surface area contributed by atoms with Crippen LogP contribution < -0.4 is 10.2 Å². The SMILES string of the molecule is CNC(=O)c1cccnc1N1CC[C@H]2OCc3cnnn3[C@H]2C1. The normalized spacial score (nSPS) is 23.1. The Morgan fingerprint density at radius 3 is 3.26 bits per heavy atom. The van der Waals surface area contributed by atoms with Crippen LogP contribution in [0.2, 0.25) is 0 Å². The van der Waals surface area contributed by atoms with Crippen LogP contribution in [0, 0.1) is 0 Å². The first-order valence-electron chi connectivity index (χ1n) is 7.70. The van der Waals surface area contributed by atoms with E-state index in [9.17, 15) is 4.79 Å². The number of ether oxygens (including phenoxy) is 1. The fraction of sp³-hybridized carbons (Fsp3) is 0.467. The van der Waals surface area contributed by atoms with Gasteiger partial charge in [0.25, 0.3) is 5.91 Å². The second-order valence-corrected chi connectivity index (χ2v) is 5.78. The molecule has 8 nitrogen and oxygen atoms in total. The number of hydrogen-bond acceptors (Lipinski definition) is 6. The molecular formula is C15H18N6O2. The Bertz CT molecular complexity index is 730. The molecule has 0 radical (unpaired) electrons. The summed E-state index contributed by atoms with van der Waals surface area (Å²) in [7, 11) is 1.63. The molecule has 2 aliphatic heterocycles. The smallest absolute Gasteiger partial charge is 0.254 e. The highest BCUT2D eigenvalue weighted by Crippen LogP contribution is 2.32. The Balaban J connectivity index is 1.65. The number of rotatable bonds is 2. The quantitative estimate of drug-likeness (QED) is 0.863. The number of piperidine rings is 1. The highest BCUT2D eigenvalue weighted by Gasteiger charge is 2.37. The molecule has 1 amide bonds. The molecule has 4 rings (SSSR count). The second-order valence-electron chi connectivity index (χ2n) is 5.78. The third-order valence-electron chi connectivity index (χ3n) is 4.49. The van der Waals surface area contributed by atoms with E-state index in [1.165, 1.54) is 0 Å². The van der Waals surface area contributed by atoms with Gasteiger partial charge in [0.15, 0.2) is 0 Å². The summed E-state index contributed by atoms with van der Waals surface area (Å²) in [5.41, 5.74) is 1.57. The lowest BCUT2D eigenvalue weighted by atomic mass is 10.00. The molecule has 23 heavy (non-hydrogen) atoms. The van der Waals surface area contributed by atoms with Gasteiger partial charge in [-0.05, 0) is 18.6 Å². The van der Waals surface area contributed by atoms with Gasteiger partial charge in [0, 0.05) is 26.3 Å². The number of amides is 1. The van der Waals surface area contributed by atoms with E-state index < -0.39 is 0 Å². The lowest BCUT2D eigenvalue weighted by Crippen LogP contribution is -2.48. The minimum Gasteiger partial charge on any atom is -0.370 e. The van der Waals surface area contributed by atoms with Gasteiger partial charge in [-0.1, -0.05) is 5.21 Å². The van der Waals surface area contributed by atoms with E-state index in [1.807, 2.05) is 4.68 Å². The average molecular weight is 314 g/mol. The summed E-state index contributed by atoms with van der Waals surface area (Å²) in [4.78, 5) is 18.6. The highest BCUT2D eigenvalue weighted by atomic mass is 16.5. The van der Waals surface area contributed by atoms with Gasteiger partial charge in [0.1, 0.15) is 5.82 Å². The fourth-order valence-corrected chi connectivity index (χ4v) is 3.33. The van der Waals surface area contributed by atoms with Crippen molar-refractivity contribution in [1.29, 1.82) is 0 Å². The predicted octanol–water partition coefficient (Wildman–Crippen LogP) is 0.383. The monoisotopic (exact) mass is 314 g/mol. The second kappa shape index (κ2) is 5.62. The topological polar surface area (TPSA) is 85.2 Å². The zero-order valence-corrected chi connectivity index (χ0v) is 12.8. The number of pyridine rings is 1. The number of anilines is 1. The van der Waals surface area contributed by atoms with Crippen molar-refractivity contribution in [1.82, 2.24) is 25.3 Å². The lowest BCUT2D eigenvalue weighted by molar-refractivity contribution is -0.0373. The van der Waals surface area contributed by atoms with Crippen LogP contribution in [0.3, 0.4) is 0 Å². The van der Waals surface area contributed by atoms with Crippen molar-refractivity contribution < 1.29 is 9.53 Å². The van der Waals surface area contributed by atoms with E-state index in [-0.39, 0.29) is 18.1 Å². The Morgan fingerprint density at radius 2 is 2.39 bits per heavy atom. The van der Waals surface area contributed by atoms with Crippen LogP contribution >= 0.6 is 0 Å². The van der Waals surface area contributed by atoms with Crippen molar-refractivity contribution in [2.75, 3.05) is 25.0 Å². The van der Waals surface area contributed by atoms with Crippen LogP contribution in [-0.2, 0) is 11.3 Å². The molecule has 4 heterocycles.